The molecule has 3 rings (SSSR count). The normalized spacial score (nSPS) is 11.3. The molecule has 0 fully saturated rings. The molecule has 0 atom stereocenters. The van der Waals surface area contributed by atoms with Crippen LogP contribution in [0.2, 0.25) is 0 Å². The highest BCUT2D eigenvalue weighted by Crippen LogP contribution is 2.37. The minimum absolute atomic E-state index is 0.116. The van der Waals surface area contributed by atoms with Crippen molar-refractivity contribution in [3.05, 3.63) is 64.2 Å². The molecular formula is C20H17N5O6. The summed E-state index contributed by atoms with van der Waals surface area (Å²) in [5, 5.41) is 30.6. The van der Waals surface area contributed by atoms with E-state index in [9.17, 15) is 24.8 Å². The SMILES string of the molecule is COc1ccccc1C=CC(=O)NCC(=O)N=Nc1c(O)[nH]c2ccc([N+](=O)[O-])cc12. The Balaban J connectivity index is 1.64. The first-order valence-electron chi connectivity index (χ1n) is 8.91. The lowest BCUT2D eigenvalue weighted by atomic mass is 10.2. The van der Waals surface area contributed by atoms with Gasteiger partial charge in [-0.25, -0.2) is 0 Å². The van der Waals surface area contributed by atoms with E-state index < -0.39 is 29.2 Å². The number of azo groups is 1. The number of fused-ring (bicyclic) bond motifs is 1. The zero-order valence-electron chi connectivity index (χ0n) is 16.2. The fraction of sp³-hybridized carbons (Fsp3) is 0.100. The van der Waals surface area contributed by atoms with Gasteiger partial charge in [-0.05, 0) is 18.2 Å². The van der Waals surface area contributed by atoms with Crippen LogP contribution in [0.5, 0.6) is 11.6 Å². The number of aromatic hydroxyl groups is 1. The number of aromatic amines is 1. The third-order valence-electron chi connectivity index (χ3n) is 4.18. The van der Waals surface area contributed by atoms with Crippen LogP contribution in [0, 0.1) is 10.1 Å². The highest BCUT2D eigenvalue weighted by molar-refractivity contribution is 5.96. The van der Waals surface area contributed by atoms with Crippen LogP contribution < -0.4 is 10.1 Å². The predicted octanol–water partition coefficient (Wildman–Crippen LogP) is 3.23. The van der Waals surface area contributed by atoms with Crippen molar-refractivity contribution < 1.29 is 24.4 Å². The van der Waals surface area contributed by atoms with Crippen LogP contribution in [-0.4, -0.2) is 40.5 Å². The second kappa shape index (κ2) is 9.31. The molecule has 11 heteroatoms. The lowest BCUT2D eigenvalue weighted by Gasteiger charge is -2.03. The quantitative estimate of drug-likeness (QED) is 0.229. The Kier molecular flexibility index (Phi) is 6.36. The number of nitrogens with zero attached hydrogens (tertiary/aromatic N) is 3. The second-order valence-corrected chi connectivity index (χ2v) is 6.20. The van der Waals surface area contributed by atoms with E-state index in [1.165, 1.54) is 37.5 Å². The fourth-order valence-electron chi connectivity index (χ4n) is 2.70. The van der Waals surface area contributed by atoms with Gasteiger partial charge in [-0.3, -0.25) is 19.7 Å². The van der Waals surface area contributed by atoms with Crippen molar-refractivity contribution in [3.8, 4) is 11.6 Å². The van der Waals surface area contributed by atoms with Gasteiger partial charge in [0.05, 0.1) is 17.5 Å². The molecule has 2 amide bonds. The average Bonchev–Trinajstić information content (AvgIpc) is 3.08. The maximum atomic E-state index is 11.9. The first kappa shape index (κ1) is 21.2. The molecule has 0 bridgehead atoms. The summed E-state index contributed by atoms with van der Waals surface area (Å²) in [5.41, 5.74) is 0.757. The molecule has 3 N–H and O–H groups in total. The summed E-state index contributed by atoms with van der Waals surface area (Å²) in [4.78, 5) is 36.8. The molecule has 0 saturated carbocycles. The summed E-state index contributed by atoms with van der Waals surface area (Å²) in [5.74, 6) is -1.11. The van der Waals surface area contributed by atoms with Gasteiger partial charge in [0, 0.05) is 29.2 Å². The van der Waals surface area contributed by atoms with E-state index in [0.29, 0.717) is 16.8 Å². The largest absolute Gasteiger partial charge is 0.496 e. The number of hydrogen-bond acceptors (Lipinski definition) is 7. The topological polar surface area (TPSA) is 159 Å². The van der Waals surface area contributed by atoms with E-state index in [2.05, 4.69) is 20.5 Å². The molecule has 1 heterocycles. The van der Waals surface area contributed by atoms with Crippen LogP contribution in [0.25, 0.3) is 17.0 Å². The van der Waals surface area contributed by atoms with Crippen molar-refractivity contribution in [1.29, 1.82) is 0 Å². The fourth-order valence-corrected chi connectivity index (χ4v) is 2.70. The summed E-state index contributed by atoms with van der Waals surface area (Å²) in [6.07, 6.45) is 2.78. The van der Waals surface area contributed by atoms with Crippen LogP contribution in [0.1, 0.15) is 5.56 Å². The van der Waals surface area contributed by atoms with Crippen molar-refractivity contribution >= 4 is 40.2 Å². The molecule has 2 aromatic carbocycles. The Labute approximate surface area is 175 Å². The molecule has 3 aromatic rings. The van der Waals surface area contributed by atoms with Gasteiger partial charge in [0.2, 0.25) is 11.8 Å². The van der Waals surface area contributed by atoms with Crippen LogP contribution in [-0.2, 0) is 9.59 Å². The number of carbonyl (C=O) groups excluding carboxylic acids is 2. The van der Waals surface area contributed by atoms with E-state index in [0.717, 1.165) is 0 Å². The summed E-state index contributed by atoms with van der Waals surface area (Å²) in [6, 6.07) is 11.0. The zero-order valence-corrected chi connectivity index (χ0v) is 16.2. The van der Waals surface area contributed by atoms with Crippen molar-refractivity contribution in [3.63, 3.8) is 0 Å². The number of para-hydroxylation sites is 1. The third kappa shape index (κ3) is 5.09. The molecule has 0 spiro atoms. The van der Waals surface area contributed by atoms with E-state index in [4.69, 9.17) is 4.74 Å². The van der Waals surface area contributed by atoms with Gasteiger partial charge in [-0.1, -0.05) is 18.2 Å². The van der Waals surface area contributed by atoms with Gasteiger partial charge in [-0.2, -0.15) is 0 Å². The monoisotopic (exact) mass is 423 g/mol. The van der Waals surface area contributed by atoms with Crippen LogP contribution in [0.4, 0.5) is 11.4 Å². The van der Waals surface area contributed by atoms with Gasteiger partial charge in [-0.15, -0.1) is 10.2 Å². The number of rotatable bonds is 7. The maximum Gasteiger partial charge on any atom is 0.283 e. The van der Waals surface area contributed by atoms with Gasteiger partial charge >= 0.3 is 0 Å². The molecule has 0 saturated heterocycles. The number of aromatic nitrogens is 1. The van der Waals surface area contributed by atoms with Crippen LogP contribution >= 0.6 is 0 Å². The maximum absolute atomic E-state index is 11.9. The van der Waals surface area contributed by atoms with E-state index in [-0.39, 0.29) is 16.8 Å². The molecule has 11 nitrogen and oxygen atoms in total. The smallest absolute Gasteiger partial charge is 0.283 e. The number of carbonyl (C=O) groups is 2. The molecule has 31 heavy (non-hydrogen) atoms. The van der Waals surface area contributed by atoms with Crippen LogP contribution in [0.15, 0.2) is 58.8 Å². The lowest BCUT2D eigenvalue weighted by Crippen LogP contribution is -2.26. The number of hydrogen-bond donors (Lipinski definition) is 3. The minimum atomic E-state index is -0.779. The molecule has 0 radical (unpaired) electrons. The van der Waals surface area contributed by atoms with Gasteiger partial charge in [0.1, 0.15) is 12.3 Å². The zero-order chi connectivity index (χ0) is 22.4. The predicted molar refractivity (Wildman–Crippen MR) is 111 cm³/mol. The minimum Gasteiger partial charge on any atom is -0.496 e. The second-order valence-electron chi connectivity index (χ2n) is 6.20. The number of amides is 2. The number of nitrogens with one attached hydrogen (secondary N) is 2. The van der Waals surface area contributed by atoms with E-state index >= 15 is 0 Å². The highest BCUT2D eigenvalue weighted by atomic mass is 16.6. The number of ether oxygens (including phenoxy) is 1. The van der Waals surface area contributed by atoms with E-state index in [1.54, 1.807) is 24.3 Å². The first-order valence-corrected chi connectivity index (χ1v) is 8.91. The lowest BCUT2D eigenvalue weighted by molar-refractivity contribution is -0.384. The molecular weight excluding hydrogens is 406 g/mol. The number of H-pyrrole nitrogens is 1. The van der Waals surface area contributed by atoms with Crippen molar-refractivity contribution in [2.75, 3.05) is 13.7 Å². The molecule has 158 valence electrons. The molecule has 1 aromatic heterocycles. The number of nitro groups is 1. The van der Waals surface area contributed by atoms with Gasteiger partial charge < -0.3 is 20.1 Å². The van der Waals surface area contributed by atoms with Gasteiger partial charge in [0.25, 0.3) is 11.6 Å². The molecule has 0 unspecified atom stereocenters. The Morgan fingerprint density at radius 1 is 1.29 bits per heavy atom. The summed E-state index contributed by atoms with van der Waals surface area (Å²) in [7, 11) is 1.51. The number of benzene rings is 2. The summed E-state index contributed by atoms with van der Waals surface area (Å²) < 4.78 is 5.18. The van der Waals surface area contributed by atoms with Crippen molar-refractivity contribution in [2.45, 2.75) is 0 Å². The Morgan fingerprint density at radius 2 is 2.06 bits per heavy atom. The Bertz CT molecular complexity index is 1210. The first-order chi connectivity index (χ1) is 14.9. The molecule has 0 aliphatic rings. The summed E-state index contributed by atoms with van der Waals surface area (Å²) >= 11 is 0. The standard InChI is InChI=1S/C20H17N5O6/c1-31-16-5-3-2-4-12(16)6-9-17(26)21-11-18(27)23-24-19-14-10-13(25(29)30)7-8-15(14)22-20(19)28/h2-10,22,28H,11H2,1H3,(H,21,26). The van der Waals surface area contributed by atoms with Crippen molar-refractivity contribution in [1.82, 2.24) is 10.3 Å². The Hall–Kier alpha value is -4.54. The van der Waals surface area contributed by atoms with Crippen molar-refractivity contribution in [2.24, 2.45) is 10.2 Å². The Morgan fingerprint density at radius 3 is 2.81 bits per heavy atom. The third-order valence-corrected chi connectivity index (χ3v) is 4.18. The highest BCUT2D eigenvalue weighted by Gasteiger charge is 2.15. The molecule has 0 aliphatic carbocycles. The average molecular weight is 423 g/mol. The molecule has 0 aliphatic heterocycles. The van der Waals surface area contributed by atoms with Gasteiger partial charge in [0.15, 0.2) is 5.69 Å². The number of methoxy groups -OCH3 is 1. The number of nitro benzene ring substituents is 1. The van der Waals surface area contributed by atoms with Crippen LogP contribution in [0.3, 0.4) is 0 Å². The number of non-ortho nitro benzene ring substituents is 1. The van der Waals surface area contributed by atoms with E-state index in [1.807, 2.05) is 0 Å². The summed E-state index contributed by atoms with van der Waals surface area (Å²) in [6.45, 7) is -0.429.